The molecule has 0 heterocycles. The van der Waals surface area contributed by atoms with Crippen molar-refractivity contribution in [3.8, 4) is 0 Å². The highest BCUT2D eigenvalue weighted by atomic mass is 16.1. The summed E-state index contributed by atoms with van der Waals surface area (Å²) < 4.78 is 0. The van der Waals surface area contributed by atoms with Crippen LogP contribution in [0.3, 0.4) is 0 Å². The molecule has 4 saturated carbocycles. The summed E-state index contributed by atoms with van der Waals surface area (Å²) in [6, 6.07) is 0. The number of allylic oxidation sites excluding steroid dienone is 1. The van der Waals surface area contributed by atoms with E-state index in [9.17, 15) is 4.79 Å². The van der Waals surface area contributed by atoms with E-state index >= 15 is 0 Å². The minimum absolute atomic E-state index is 0.168. The Morgan fingerprint density at radius 1 is 0.967 bits per heavy atom. The lowest BCUT2D eigenvalue weighted by Gasteiger charge is -2.71. The third kappa shape index (κ3) is 2.82. The van der Waals surface area contributed by atoms with Crippen molar-refractivity contribution in [1.29, 1.82) is 0 Å². The van der Waals surface area contributed by atoms with Gasteiger partial charge in [0.05, 0.1) is 0 Å². The molecule has 4 aliphatic carbocycles. The maximum Gasteiger partial charge on any atom is 0.120 e. The van der Waals surface area contributed by atoms with Crippen molar-refractivity contribution < 1.29 is 4.79 Å². The van der Waals surface area contributed by atoms with E-state index in [0.29, 0.717) is 34.0 Å². The van der Waals surface area contributed by atoms with E-state index in [1.807, 2.05) is 0 Å². The Morgan fingerprint density at radius 2 is 1.67 bits per heavy atom. The van der Waals surface area contributed by atoms with E-state index in [1.165, 1.54) is 63.2 Å². The molecule has 0 N–H and O–H groups in total. The average molecular weight is 413 g/mol. The number of hydrogen-bond donors (Lipinski definition) is 0. The zero-order valence-electron chi connectivity index (χ0n) is 21.0. The van der Waals surface area contributed by atoms with Gasteiger partial charge < -0.3 is 4.79 Å². The standard InChI is InChI=1S/C29H48O/c1-19(2)21-11-13-26(5)15-16-28(7)23(25(21)26)9-10-24-27(6,17-18-30)22(20(3)4)12-14-29(24,28)8/h18,20-25H,1,9-17H2,2-8H3/t21-,22-,23+,24+,25+,26+,27-,28+,29+/m0/s1. The monoisotopic (exact) mass is 412 g/mol. The van der Waals surface area contributed by atoms with Gasteiger partial charge in [0.2, 0.25) is 0 Å². The van der Waals surface area contributed by atoms with Gasteiger partial charge in [-0.2, -0.15) is 0 Å². The Hall–Kier alpha value is -0.590. The average Bonchev–Trinajstić information content (AvgIpc) is 3.00. The smallest absolute Gasteiger partial charge is 0.120 e. The van der Waals surface area contributed by atoms with Gasteiger partial charge >= 0.3 is 0 Å². The van der Waals surface area contributed by atoms with Gasteiger partial charge in [0.15, 0.2) is 0 Å². The molecule has 0 unspecified atom stereocenters. The molecular weight excluding hydrogens is 364 g/mol. The highest BCUT2D eigenvalue weighted by Crippen LogP contribution is 2.76. The first-order valence-corrected chi connectivity index (χ1v) is 13.0. The predicted molar refractivity (Wildman–Crippen MR) is 127 cm³/mol. The van der Waals surface area contributed by atoms with Gasteiger partial charge in [-0.25, -0.2) is 0 Å². The van der Waals surface area contributed by atoms with Gasteiger partial charge in [-0.1, -0.05) is 53.7 Å². The second-order valence-electron chi connectivity index (χ2n) is 13.5. The fourth-order valence-corrected chi connectivity index (χ4v) is 10.5. The van der Waals surface area contributed by atoms with Gasteiger partial charge in [0, 0.05) is 6.42 Å². The maximum absolute atomic E-state index is 11.9. The number of rotatable bonds is 4. The molecule has 0 amide bonds. The van der Waals surface area contributed by atoms with E-state index in [4.69, 9.17) is 0 Å². The molecule has 1 nitrogen and oxygen atoms in total. The minimum Gasteiger partial charge on any atom is -0.303 e. The van der Waals surface area contributed by atoms with Crippen LogP contribution < -0.4 is 0 Å². The minimum atomic E-state index is 0.168. The molecule has 9 atom stereocenters. The second-order valence-corrected chi connectivity index (χ2v) is 13.5. The van der Waals surface area contributed by atoms with E-state index in [1.54, 1.807) is 0 Å². The molecule has 0 saturated heterocycles. The van der Waals surface area contributed by atoms with Gasteiger partial charge in [-0.15, -0.1) is 0 Å². The van der Waals surface area contributed by atoms with Crippen molar-refractivity contribution in [2.24, 2.45) is 57.2 Å². The molecule has 4 aliphatic rings. The van der Waals surface area contributed by atoms with Crippen molar-refractivity contribution in [2.75, 3.05) is 0 Å². The zero-order chi connectivity index (χ0) is 22.1. The summed E-state index contributed by atoms with van der Waals surface area (Å²) in [6.45, 7) is 22.0. The van der Waals surface area contributed by atoms with Crippen molar-refractivity contribution in [2.45, 2.75) is 106 Å². The van der Waals surface area contributed by atoms with Crippen LogP contribution in [-0.2, 0) is 4.79 Å². The Morgan fingerprint density at radius 3 is 2.27 bits per heavy atom. The summed E-state index contributed by atoms with van der Waals surface area (Å²) >= 11 is 0. The Labute approximate surface area is 186 Å². The molecule has 4 fully saturated rings. The predicted octanol–water partition coefficient (Wildman–Crippen LogP) is 8.09. The van der Waals surface area contributed by atoms with Crippen LogP contribution in [0.4, 0.5) is 0 Å². The summed E-state index contributed by atoms with van der Waals surface area (Å²) in [5, 5.41) is 0. The first-order chi connectivity index (χ1) is 13.9. The van der Waals surface area contributed by atoms with Crippen LogP contribution in [0.5, 0.6) is 0 Å². The quantitative estimate of drug-likeness (QED) is 0.337. The third-order valence-corrected chi connectivity index (χ3v) is 12.2. The molecule has 4 rings (SSSR count). The summed E-state index contributed by atoms with van der Waals surface area (Å²) in [4.78, 5) is 11.9. The van der Waals surface area contributed by atoms with Crippen LogP contribution in [-0.4, -0.2) is 6.29 Å². The van der Waals surface area contributed by atoms with Crippen LogP contribution in [0.15, 0.2) is 12.2 Å². The van der Waals surface area contributed by atoms with Gasteiger partial charge in [0.25, 0.3) is 0 Å². The molecular formula is C29H48O. The Bertz CT molecular complexity index is 707. The SMILES string of the molecule is C=C(C)[C@@H]1CC[C@]2(C)CC[C@]3(C)[C@H](CC[C@@H]4[C@@](C)(CC=O)[C@H](C(C)C)CC[C@]43C)[C@@H]12. The van der Waals surface area contributed by atoms with E-state index in [0.717, 1.165) is 24.2 Å². The van der Waals surface area contributed by atoms with E-state index in [2.05, 4.69) is 55.0 Å². The molecule has 1 heteroatoms. The summed E-state index contributed by atoms with van der Waals surface area (Å²) in [5.41, 5.74) is 2.90. The van der Waals surface area contributed by atoms with Crippen LogP contribution in [0.25, 0.3) is 0 Å². The topological polar surface area (TPSA) is 17.1 Å². The molecule has 0 bridgehead atoms. The van der Waals surface area contributed by atoms with Crippen molar-refractivity contribution in [3.63, 3.8) is 0 Å². The molecule has 0 aromatic rings. The van der Waals surface area contributed by atoms with Gasteiger partial charge in [0.1, 0.15) is 6.29 Å². The maximum atomic E-state index is 11.9. The molecule has 0 radical (unpaired) electrons. The number of hydrogen-bond acceptors (Lipinski definition) is 1. The molecule has 0 aromatic heterocycles. The molecule has 0 aliphatic heterocycles. The Kier molecular flexibility index (Phi) is 5.43. The number of carbonyl (C=O) groups excluding carboxylic acids is 1. The highest BCUT2D eigenvalue weighted by Gasteiger charge is 2.68. The first kappa shape index (κ1) is 22.6. The van der Waals surface area contributed by atoms with Gasteiger partial charge in [-0.05, 0) is 115 Å². The van der Waals surface area contributed by atoms with Crippen LogP contribution in [0.2, 0.25) is 0 Å². The van der Waals surface area contributed by atoms with Gasteiger partial charge in [-0.3, -0.25) is 0 Å². The fourth-order valence-electron chi connectivity index (χ4n) is 10.5. The first-order valence-electron chi connectivity index (χ1n) is 13.0. The molecule has 0 aromatic carbocycles. The Balaban J connectivity index is 1.76. The van der Waals surface area contributed by atoms with Crippen molar-refractivity contribution in [3.05, 3.63) is 12.2 Å². The van der Waals surface area contributed by atoms with E-state index < -0.39 is 0 Å². The van der Waals surface area contributed by atoms with Crippen LogP contribution >= 0.6 is 0 Å². The van der Waals surface area contributed by atoms with Crippen LogP contribution in [0.1, 0.15) is 106 Å². The van der Waals surface area contributed by atoms with E-state index in [-0.39, 0.29) is 5.41 Å². The molecule has 30 heavy (non-hydrogen) atoms. The number of fused-ring (bicyclic) bond motifs is 5. The normalized spacial score (nSPS) is 53.0. The third-order valence-electron chi connectivity index (χ3n) is 12.2. The largest absolute Gasteiger partial charge is 0.303 e. The summed E-state index contributed by atoms with van der Waals surface area (Å²) in [6.07, 6.45) is 12.9. The highest BCUT2D eigenvalue weighted by molar-refractivity contribution is 5.51. The van der Waals surface area contributed by atoms with Crippen LogP contribution in [0, 0.1) is 57.2 Å². The zero-order valence-corrected chi connectivity index (χ0v) is 21.0. The summed E-state index contributed by atoms with van der Waals surface area (Å²) in [7, 11) is 0. The lowest BCUT2D eigenvalue weighted by molar-refractivity contribution is -0.220. The van der Waals surface area contributed by atoms with Crippen molar-refractivity contribution >= 4 is 6.29 Å². The number of carbonyl (C=O) groups is 1. The molecule has 170 valence electrons. The lowest BCUT2D eigenvalue weighted by atomic mass is 9.34. The lowest BCUT2D eigenvalue weighted by Crippen LogP contribution is -2.64. The van der Waals surface area contributed by atoms with Crippen molar-refractivity contribution in [1.82, 2.24) is 0 Å². The number of aldehydes is 1. The second kappa shape index (κ2) is 7.21. The molecule has 0 spiro atoms. The summed E-state index contributed by atoms with van der Waals surface area (Å²) in [5.74, 6) is 4.43. The fraction of sp³-hybridized carbons (Fsp3) is 0.897.